The molecule has 3 N–H and O–H groups in total. The van der Waals surface area contributed by atoms with Crippen molar-refractivity contribution >= 4 is 17.3 Å². The average Bonchev–Trinajstić information content (AvgIpc) is 2.32. The SMILES string of the molecule is CCOc1ccc(Nc2cc(N)ncn2)cn1. The molecule has 2 rings (SSSR count). The Balaban J connectivity index is 2.08. The Labute approximate surface area is 98.9 Å². The van der Waals surface area contributed by atoms with Gasteiger partial charge in [-0.3, -0.25) is 0 Å². The number of nitrogens with two attached hydrogens (primary N) is 1. The Hall–Kier alpha value is -2.37. The largest absolute Gasteiger partial charge is 0.478 e. The molecule has 2 heterocycles. The molecule has 0 aromatic carbocycles. The van der Waals surface area contributed by atoms with Crippen molar-refractivity contribution in [1.29, 1.82) is 0 Å². The molecule has 0 saturated heterocycles. The fourth-order valence-electron chi connectivity index (χ4n) is 1.28. The molecule has 0 aliphatic heterocycles. The molecule has 0 fully saturated rings. The van der Waals surface area contributed by atoms with Gasteiger partial charge in [0.1, 0.15) is 18.0 Å². The normalized spacial score (nSPS) is 9.94. The number of hydrogen-bond donors (Lipinski definition) is 2. The second-order valence-corrected chi connectivity index (χ2v) is 3.27. The van der Waals surface area contributed by atoms with E-state index in [4.69, 9.17) is 10.5 Å². The zero-order valence-electron chi connectivity index (χ0n) is 9.42. The lowest BCUT2D eigenvalue weighted by Crippen LogP contribution is -1.98. The van der Waals surface area contributed by atoms with Crippen LogP contribution in [0.3, 0.4) is 0 Å². The number of pyridine rings is 1. The first-order valence-electron chi connectivity index (χ1n) is 5.21. The molecule has 0 saturated carbocycles. The third-order valence-electron chi connectivity index (χ3n) is 1.99. The van der Waals surface area contributed by atoms with Crippen LogP contribution in [0.25, 0.3) is 0 Å². The van der Waals surface area contributed by atoms with Gasteiger partial charge in [-0.25, -0.2) is 15.0 Å². The fraction of sp³-hybridized carbons (Fsp3) is 0.182. The first-order valence-corrected chi connectivity index (χ1v) is 5.21. The first-order chi connectivity index (χ1) is 8.28. The molecule has 0 atom stereocenters. The Kier molecular flexibility index (Phi) is 3.34. The summed E-state index contributed by atoms with van der Waals surface area (Å²) in [5.74, 6) is 1.64. The van der Waals surface area contributed by atoms with E-state index in [1.165, 1.54) is 6.33 Å². The van der Waals surface area contributed by atoms with Crippen LogP contribution in [0, 0.1) is 0 Å². The summed E-state index contributed by atoms with van der Waals surface area (Å²) in [6.07, 6.45) is 3.07. The van der Waals surface area contributed by atoms with Crippen LogP contribution in [0.4, 0.5) is 17.3 Å². The summed E-state index contributed by atoms with van der Waals surface area (Å²) in [4.78, 5) is 12.0. The maximum atomic E-state index is 5.55. The highest BCUT2D eigenvalue weighted by atomic mass is 16.5. The Morgan fingerprint density at radius 1 is 1.29 bits per heavy atom. The van der Waals surface area contributed by atoms with Gasteiger partial charge in [-0.1, -0.05) is 0 Å². The molecule has 0 radical (unpaired) electrons. The molecule has 88 valence electrons. The van der Waals surface area contributed by atoms with Gasteiger partial charge >= 0.3 is 0 Å². The number of hydrogen-bond acceptors (Lipinski definition) is 6. The van der Waals surface area contributed by atoms with Gasteiger partial charge in [0.2, 0.25) is 5.88 Å². The van der Waals surface area contributed by atoms with Crippen LogP contribution in [0.2, 0.25) is 0 Å². The number of aromatic nitrogens is 3. The smallest absolute Gasteiger partial charge is 0.213 e. The van der Waals surface area contributed by atoms with Crippen molar-refractivity contribution in [3.8, 4) is 5.88 Å². The standard InChI is InChI=1S/C11H13N5O/c1-2-17-11-4-3-8(6-13-11)16-10-5-9(12)14-7-15-10/h3-7H,2H2,1H3,(H3,12,14,15,16). The number of rotatable bonds is 4. The fourth-order valence-corrected chi connectivity index (χ4v) is 1.28. The molecular formula is C11H13N5O. The van der Waals surface area contributed by atoms with Crippen LogP contribution in [-0.2, 0) is 0 Å². The summed E-state index contributed by atoms with van der Waals surface area (Å²) in [6.45, 7) is 2.51. The van der Waals surface area contributed by atoms with E-state index in [1.807, 2.05) is 13.0 Å². The summed E-state index contributed by atoms with van der Waals surface area (Å²) in [6, 6.07) is 5.29. The topological polar surface area (TPSA) is 86.0 Å². The second-order valence-electron chi connectivity index (χ2n) is 3.27. The van der Waals surface area contributed by atoms with E-state index in [2.05, 4.69) is 20.3 Å². The molecular weight excluding hydrogens is 218 g/mol. The Morgan fingerprint density at radius 3 is 2.82 bits per heavy atom. The minimum Gasteiger partial charge on any atom is -0.478 e. The van der Waals surface area contributed by atoms with Gasteiger partial charge in [0.15, 0.2) is 0 Å². The van der Waals surface area contributed by atoms with Crippen molar-refractivity contribution in [2.75, 3.05) is 17.7 Å². The maximum absolute atomic E-state index is 5.55. The minimum absolute atomic E-state index is 0.418. The van der Waals surface area contributed by atoms with Crippen molar-refractivity contribution < 1.29 is 4.74 Å². The van der Waals surface area contributed by atoms with E-state index in [-0.39, 0.29) is 0 Å². The minimum atomic E-state index is 0.418. The quantitative estimate of drug-likeness (QED) is 0.831. The lowest BCUT2D eigenvalue weighted by molar-refractivity contribution is 0.327. The average molecular weight is 231 g/mol. The van der Waals surface area contributed by atoms with Crippen molar-refractivity contribution in [3.05, 3.63) is 30.7 Å². The summed E-state index contributed by atoms with van der Waals surface area (Å²) in [7, 11) is 0. The molecule has 2 aromatic rings. The third kappa shape index (κ3) is 3.04. The summed E-state index contributed by atoms with van der Waals surface area (Å²) in [5, 5.41) is 3.06. The molecule has 0 aliphatic carbocycles. The van der Waals surface area contributed by atoms with E-state index < -0.39 is 0 Å². The van der Waals surface area contributed by atoms with E-state index >= 15 is 0 Å². The van der Waals surface area contributed by atoms with Crippen LogP contribution < -0.4 is 15.8 Å². The van der Waals surface area contributed by atoms with Gasteiger partial charge < -0.3 is 15.8 Å². The first kappa shape index (κ1) is 11.1. The molecule has 0 spiro atoms. The van der Waals surface area contributed by atoms with Crippen LogP contribution in [0.5, 0.6) is 5.88 Å². The Morgan fingerprint density at radius 2 is 2.18 bits per heavy atom. The van der Waals surface area contributed by atoms with Crippen molar-refractivity contribution in [1.82, 2.24) is 15.0 Å². The molecule has 6 heteroatoms. The zero-order valence-corrected chi connectivity index (χ0v) is 9.42. The van der Waals surface area contributed by atoms with Crippen molar-refractivity contribution in [2.45, 2.75) is 6.92 Å². The lowest BCUT2D eigenvalue weighted by atomic mass is 10.4. The number of nitrogens with zero attached hydrogens (tertiary/aromatic N) is 3. The van der Waals surface area contributed by atoms with Crippen molar-refractivity contribution in [2.24, 2.45) is 0 Å². The zero-order chi connectivity index (χ0) is 12.1. The molecule has 0 aliphatic rings. The number of nitrogens with one attached hydrogen (secondary N) is 1. The van der Waals surface area contributed by atoms with E-state index in [0.29, 0.717) is 24.1 Å². The van der Waals surface area contributed by atoms with Gasteiger partial charge in [-0.05, 0) is 13.0 Å². The molecule has 0 amide bonds. The van der Waals surface area contributed by atoms with E-state index in [1.54, 1.807) is 18.3 Å². The van der Waals surface area contributed by atoms with Gasteiger partial charge in [-0.2, -0.15) is 0 Å². The number of ether oxygens (including phenoxy) is 1. The second kappa shape index (κ2) is 5.11. The van der Waals surface area contributed by atoms with Gasteiger partial charge in [0.25, 0.3) is 0 Å². The van der Waals surface area contributed by atoms with E-state index in [0.717, 1.165) is 5.69 Å². The summed E-state index contributed by atoms with van der Waals surface area (Å²) in [5.41, 5.74) is 6.36. The highest BCUT2D eigenvalue weighted by molar-refractivity contribution is 5.57. The van der Waals surface area contributed by atoms with Crippen molar-refractivity contribution in [3.63, 3.8) is 0 Å². The summed E-state index contributed by atoms with van der Waals surface area (Å²) >= 11 is 0. The van der Waals surface area contributed by atoms with Gasteiger partial charge in [-0.15, -0.1) is 0 Å². The van der Waals surface area contributed by atoms with E-state index in [9.17, 15) is 0 Å². The predicted octanol–water partition coefficient (Wildman–Crippen LogP) is 1.60. The van der Waals surface area contributed by atoms with Crippen LogP contribution in [0.1, 0.15) is 6.92 Å². The monoisotopic (exact) mass is 231 g/mol. The third-order valence-corrected chi connectivity index (χ3v) is 1.99. The van der Waals surface area contributed by atoms with Crippen LogP contribution in [-0.4, -0.2) is 21.6 Å². The number of anilines is 3. The highest BCUT2D eigenvalue weighted by Gasteiger charge is 1.99. The molecule has 17 heavy (non-hydrogen) atoms. The lowest BCUT2D eigenvalue weighted by Gasteiger charge is -2.06. The predicted molar refractivity (Wildman–Crippen MR) is 65.1 cm³/mol. The van der Waals surface area contributed by atoms with Gasteiger partial charge in [0.05, 0.1) is 18.5 Å². The van der Waals surface area contributed by atoms with Crippen LogP contribution in [0.15, 0.2) is 30.7 Å². The summed E-state index contributed by atoms with van der Waals surface area (Å²) < 4.78 is 5.25. The number of nitrogen functional groups attached to an aromatic ring is 1. The molecule has 0 bridgehead atoms. The highest BCUT2D eigenvalue weighted by Crippen LogP contribution is 2.16. The molecule has 6 nitrogen and oxygen atoms in total. The Bertz CT molecular complexity index is 485. The molecule has 2 aromatic heterocycles. The molecule has 0 unspecified atom stereocenters. The van der Waals surface area contributed by atoms with Crippen LogP contribution >= 0.6 is 0 Å². The van der Waals surface area contributed by atoms with Gasteiger partial charge in [0, 0.05) is 12.1 Å². The maximum Gasteiger partial charge on any atom is 0.213 e.